The SMILES string of the molecule is COC(=O)[C@@H](NC(=O)[C@H](CC(C)C)NC(=O)c1cc([N+](=O)[O-])cc([N+](=O)[O-])c1)C(C)C. The molecule has 12 heteroatoms. The Morgan fingerprint density at radius 3 is 1.87 bits per heavy atom. The molecule has 2 atom stereocenters. The summed E-state index contributed by atoms with van der Waals surface area (Å²) < 4.78 is 4.69. The van der Waals surface area contributed by atoms with Crippen molar-refractivity contribution in [3.63, 3.8) is 0 Å². The second-order valence-corrected chi connectivity index (χ2v) is 7.66. The lowest BCUT2D eigenvalue weighted by atomic mass is 10.00. The minimum atomic E-state index is -1.09. The molecule has 0 aliphatic heterocycles. The highest BCUT2D eigenvalue weighted by atomic mass is 16.6. The highest BCUT2D eigenvalue weighted by Gasteiger charge is 2.30. The van der Waals surface area contributed by atoms with Gasteiger partial charge in [0, 0.05) is 12.1 Å². The number of ether oxygens (including phenoxy) is 1. The van der Waals surface area contributed by atoms with E-state index < -0.39 is 51.1 Å². The van der Waals surface area contributed by atoms with Gasteiger partial charge in [-0.2, -0.15) is 0 Å². The number of hydrogen-bond acceptors (Lipinski definition) is 8. The van der Waals surface area contributed by atoms with Crippen molar-refractivity contribution in [3.05, 3.63) is 44.0 Å². The molecule has 0 bridgehead atoms. The minimum Gasteiger partial charge on any atom is -0.467 e. The van der Waals surface area contributed by atoms with Gasteiger partial charge in [-0.3, -0.25) is 29.8 Å². The number of nitro groups is 2. The Morgan fingerprint density at radius 1 is 0.968 bits per heavy atom. The van der Waals surface area contributed by atoms with Crippen LogP contribution in [0.2, 0.25) is 0 Å². The average molecular weight is 438 g/mol. The van der Waals surface area contributed by atoms with Crippen LogP contribution < -0.4 is 10.6 Å². The first-order valence-electron chi connectivity index (χ1n) is 9.50. The monoisotopic (exact) mass is 438 g/mol. The fraction of sp³-hybridized carbons (Fsp3) is 0.526. The van der Waals surface area contributed by atoms with E-state index in [0.717, 1.165) is 18.2 Å². The number of carbonyl (C=O) groups excluding carboxylic acids is 3. The molecular formula is C19H26N4O8. The van der Waals surface area contributed by atoms with E-state index in [1.165, 1.54) is 7.11 Å². The molecule has 1 aromatic rings. The summed E-state index contributed by atoms with van der Waals surface area (Å²) in [6.07, 6.45) is 0.195. The van der Waals surface area contributed by atoms with Crippen molar-refractivity contribution in [1.29, 1.82) is 0 Å². The number of nitrogens with one attached hydrogen (secondary N) is 2. The van der Waals surface area contributed by atoms with Gasteiger partial charge >= 0.3 is 5.97 Å². The summed E-state index contributed by atoms with van der Waals surface area (Å²) in [4.78, 5) is 57.8. The van der Waals surface area contributed by atoms with Gasteiger partial charge in [0.25, 0.3) is 17.3 Å². The van der Waals surface area contributed by atoms with Crippen LogP contribution in [0.25, 0.3) is 0 Å². The van der Waals surface area contributed by atoms with Gasteiger partial charge in [-0.1, -0.05) is 27.7 Å². The van der Waals surface area contributed by atoms with Crippen LogP contribution in [0.4, 0.5) is 11.4 Å². The molecule has 0 heterocycles. The van der Waals surface area contributed by atoms with Crippen LogP contribution in [-0.2, 0) is 14.3 Å². The van der Waals surface area contributed by atoms with Crippen LogP contribution >= 0.6 is 0 Å². The van der Waals surface area contributed by atoms with E-state index in [2.05, 4.69) is 15.4 Å². The summed E-state index contributed by atoms with van der Waals surface area (Å²) in [6.45, 7) is 7.04. The van der Waals surface area contributed by atoms with Crippen molar-refractivity contribution < 1.29 is 29.0 Å². The summed E-state index contributed by atoms with van der Waals surface area (Å²) in [5.74, 6) is -2.51. The van der Waals surface area contributed by atoms with Crippen molar-refractivity contribution in [1.82, 2.24) is 10.6 Å². The third kappa shape index (κ3) is 7.32. The standard InChI is InChI=1S/C19H26N4O8/c1-10(2)6-15(18(25)21-16(11(3)4)19(26)31-5)20-17(24)12-7-13(22(27)28)9-14(8-12)23(29)30/h7-11,15-16H,6H2,1-5H3,(H,20,24)(H,21,25)/t15-,16-/m0/s1. The average Bonchev–Trinajstić information content (AvgIpc) is 2.69. The van der Waals surface area contributed by atoms with Gasteiger partial charge in [0.2, 0.25) is 5.91 Å². The third-order valence-electron chi connectivity index (χ3n) is 4.33. The molecule has 170 valence electrons. The molecule has 0 saturated carbocycles. The number of non-ortho nitro benzene ring substituents is 2. The number of nitro benzene ring substituents is 2. The maximum atomic E-state index is 12.8. The first-order valence-corrected chi connectivity index (χ1v) is 9.50. The van der Waals surface area contributed by atoms with Crippen LogP contribution in [0.3, 0.4) is 0 Å². The van der Waals surface area contributed by atoms with Crippen LogP contribution in [0.5, 0.6) is 0 Å². The lowest BCUT2D eigenvalue weighted by molar-refractivity contribution is -0.394. The molecule has 0 aliphatic rings. The quantitative estimate of drug-likeness (QED) is 0.317. The van der Waals surface area contributed by atoms with Gasteiger partial charge in [0.05, 0.1) is 28.6 Å². The second kappa shape index (κ2) is 11.0. The Morgan fingerprint density at radius 2 is 1.48 bits per heavy atom. The number of rotatable bonds is 10. The fourth-order valence-corrected chi connectivity index (χ4v) is 2.76. The van der Waals surface area contributed by atoms with Gasteiger partial charge < -0.3 is 15.4 Å². The molecule has 0 saturated heterocycles. The topological polar surface area (TPSA) is 171 Å². The predicted molar refractivity (Wildman–Crippen MR) is 109 cm³/mol. The molecule has 1 aromatic carbocycles. The molecular weight excluding hydrogens is 412 g/mol. The van der Waals surface area contributed by atoms with E-state index in [0.29, 0.717) is 0 Å². The summed E-state index contributed by atoms with van der Waals surface area (Å²) >= 11 is 0. The van der Waals surface area contributed by atoms with Gasteiger partial charge in [-0.05, 0) is 18.3 Å². The Balaban J connectivity index is 3.18. The summed E-state index contributed by atoms with van der Waals surface area (Å²) in [6, 6.07) is 0.481. The van der Waals surface area contributed by atoms with E-state index in [1.54, 1.807) is 13.8 Å². The molecule has 0 aliphatic carbocycles. The first kappa shape index (κ1) is 25.5. The number of carbonyl (C=O) groups is 3. The second-order valence-electron chi connectivity index (χ2n) is 7.66. The lowest BCUT2D eigenvalue weighted by Crippen LogP contribution is -2.53. The molecule has 1 rings (SSSR count). The van der Waals surface area contributed by atoms with Crippen LogP contribution in [0, 0.1) is 32.1 Å². The predicted octanol–water partition coefficient (Wildman–Crippen LogP) is 1.96. The Labute approximate surface area is 178 Å². The van der Waals surface area contributed by atoms with Gasteiger partial charge in [0.15, 0.2) is 0 Å². The van der Waals surface area contributed by atoms with Crippen molar-refractivity contribution in [2.24, 2.45) is 11.8 Å². The number of amides is 2. The van der Waals surface area contributed by atoms with Crippen molar-refractivity contribution in [2.45, 2.75) is 46.2 Å². The fourth-order valence-electron chi connectivity index (χ4n) is 2.76. The highest BCUT2D eigenvalue weighted by Crippen LogP contribution is 2.23. The molecule has 0 radical (unpaired) electrons. The normalized spacial score (nSPS) is 12.7. The molecule has 0 aromatic heterocycles. The maximum absolute atomic E-state index is 12.8. The van der Waals surface area contributed by atoms with Gasteiger partial charge in [0.1, 0.15) is 12.1 Å². The first-order chi connectivity index (χ1) is 14.4. The van der Waals surface area contributed by atoms with E-state index in [4.69, 9.17) is 0 Å². The number of hydrogen-bond donors (Lipinski definition) is 2. The number of methoxy groups -OCH3 is 1. The molecule has 2 N–H and O–H groups in total. The zero-order valence-corrected chi connectivity index (χ0v) is 17.9. The largest absolute Gasteiger partial charge is 0.467 e. The summed E-state index contributed by atoms with van der Waals surface area (Å²) in [5.41, 5.74) is -1.60. The van der Waals surface area contributed by atoms with Crippen LogP contribution in [0.1, 0.15) is 44.5 Å². The number of benzene rings is 1. The van der Waals surface area contributed by atoms with Crippen molar-refractivity contribution in [2.75, 3.05) is 7.11 Å². The number of esters is 1. The van der Waals surface area contributed by atoms with E-state index in [-0.39, 0.29) is 23.8 Å². The summed E-state index contributed by atoms with van der Waals surface area (Å²) in [5, 5.41) is 27.1. The molecule has 0 spiro atoms. The van der Waals surface area contributed by atoms with Gasteiger partial charge in [-0.25, -0.2) is 4.79 Å². The Hall–Kier alpha value is -3.57. The smallest absolute Gasteiger partial charge is 0.328 e. The molecule has 31 heavy (non-hydrogen) atoms. The molecule has 2 amide bonds. The maximum Gasteiger partial charge on any atom is 0.328 e. The molecule has 0 fully saturated rings. The zero-order valence-electron chi connectivity index (χ0n) is 17.9. The Bertz CT molecular complexity index is 836. The van der Waals surface area contributed by atoms with Crippen LogP contribution in [0.15, 0.2) is 18.2 Å². The molecule has 0 unspecified atom stereocenters. The highest BCUT2D eigenvalue weighted by molar-refractivity contribution is 5.99. The van der Waals surface area contributed by atoms with E-state index in [9.17, 15) is 34.6 Å². The van der Waals surface area contributed by atoms with E-state index >= 15 is 0 Å². The van der Waals surface area contributed by atoms with E-state index in [1.807, 2.05) is 13.8 Å². The lowest BCUT2D eigenvalue weighted by Gasteiger charge is -2.25. The number of nitrogens with zero attached hydrogens (tertiary/aromatic N) is 2. The van der Waals surface area contributed by atoms with Crippen molar-refractivity contribution >= 4 is 29.2 Å². The van der Waals surface area contributed by atoms with Crippen LogP contribution in [-0.4, -0.2) is 46.8 Å². The Kier molecular flexibility index (Phi) is 9.03. The van der Waals surface area contributed by atoms with Crippen molar-refractivity contribution in [3.8, 4) is 0 Å². The third-order valence-corrected chi connectivity index (χ3v) is 4.33. The summed E-state index contributed by atoms with van der Waals surface area (Å²) in [7, 11) is 1.19. The molecule has 12 nitrogen and oxygen atoms in total. The minimum absolute atomic E-state index is 0.0360. The zero-order chi connectivity index (χ0) is 23.9. The van der Waals surface area contributed by atoms with Gasteiger partial charge in [-0.15, -0.1) is 0 Å².